The molecule has 0 saturated carbocycles. The lowest BCUT2D eigenvalue weighted by Gasteiger charge is -2.30. The number of carbonyl (C=O) groups is 2. The van der Waals surface area contributed by atoms with E-state index in [0.717, 1.165) is 12.0 Å². The minimum absolute atomic E-state index is 0.0858. The molecule has 0 spiro atoms. The first kappa shape index (κ1) is 15.5. The molecule has 1 amide bonds. The summed E-state index contributed by atoms with van der Waals surface area (Å²) in [6, 6.07) is 9.63. The van der Waals surface area contributed by atoms with Gasteiger partial charge in [0.1, 0.15) is 5.54 Å². The molecule has 2 rings (SSSR count). The number of carboxylic acids is 1. The Kier molecular flexibility index (Phi) is 4.63. The Morgan fingerprint density at radius 3 is 2.67 bits per heavy atom. The highest BCUT2D eigenvalue weighted by Crippen LogP contribution is 2.28. The number of rotatable bonds is 5. The summed E-state index contributed by atoms with van der Waals surface area (Å²) in [5.41, 5.74) is 0.112. The van der Waals surface area contributed by atoms with Crippen LogP contribution in [0.1, 0.15) is 38.3 Å². The number of hydrogen-bond acceptors (Lipinski definition) is 3. The largest absolute Gasteiger partial charge is 0.480 e. The Bertz CT molecular complexity index is 518. The molecule has 21 heavy (non-hydrogen) atoms. The zero-order chi connectivity index (χ0) is 15.5. The van der Waals surface area contributed by atoms with Gasteiger partial charge in [-0.05, 0) is 38.8 Å². The van der Waals surface area contributed by atoms with Crippen molar-refractivity contribution >= 4 is 11.9 Å². The highest BCUT2D eigenvalue weighted by Gasteiger charge is 2.43. The zero-order valence-corrected chi connectivity index (χ0v) is 12.5. The van der Waals surface area contributed by atoms with Crippen molar-refractivity contribution in [2.45, 2.75) is 38.3 Å². The summed E-state index contributed by atoms with van der Waals surface area (Å²) in [5, 5.41) is 12.3. The number of hydrogen-bond donors (Lipinski definition) is 2. The van der Waals surface area contributed by atoms with Crippen LogP contribution in [0.5, 0.6) is 0 Å². The van der Waals surface area contributed by atoms with Crippen molar-refractivity contribution in [1.82, 2.24) is 10.2 Å². The topological polar surface area (TPSA) is 69.6 Å². The molecule has 5 heteroatoms. The van der Waals surface area contributed by atoms with Crippen LogP contribution in [-0.2, 0) is 9.59 Å². The SMILES string of the molecule is CC(NC(=O)CN1CCCC1(C)C(=O)O)c1ccccc1. The predicted octanol–water partition coefficient (Wildman–Crippen LogP) is 1.80. The van der Waals surface area contributed by atoms with E-state index in [1.807, 2.05) is 37.3 Å². The van der Waals surface area contributed by atoms with E-state index in [1.54, 1.807) is 11.8 Å². The van der Waals surface area contributed by atoms with E-state index in [-0.39, 0.29) is 18.5 Å². The minimum Gasteiger partial charge on any atom is -0.480 e. The lowest BCUT2D eigenvalue weighted by molar-refractivity contribution is -0.149. The van der Waals surface area contributed by atoms with Gasteiger partial charge in [-0.1, -0.05) is 30.3 Å². The first-order chi connectivity index (χ1) is 9.93. The van der Waals surface area contributed by atoms with E-state index in [1.165, 1.54) is 0 Å². The summed E-state index contributed by atoms with van der Waals surface area (Å²) in [6.07, 6.45) is 1.40. The number of carboxylic acid groups (broad SMARTS) is 1. The second-order valence-electron chi connectivity index (χ2n) is 5.80. The van der Waals surface area contributed by atoms with Crippen LogP contribution in [0.4, 0.5) is 0 Å². The van der Waals surface area contributed by atoms with Gasteiger partial charge in [0.25, 0.3) is 0 Å². The van der Waals surface area contributed by atoms with Gasteiger partial charge in [-0.15, -0.1) is 0 Å². The van der Waals surface area contributed by atoms with Gasteiger partial charge in [-0.25, -0.2) is 0 Å². The molecule has 2 N–H and O–H groups in total. The molecule has 0 aliphatic carbocycles. The van der Waals surface area contributed by atoms with E-state index in [4.69, 9.17) is 0 Å². The van der Waals surface area contributed by atoms with Crippen molar-refractivity contribution in [2.75, 3.05) is 13.1 Å². The van der Waals surface area contributed by atoms with E-state index in [2.05, 4.69) is 5.32 Å². The van der Waals surface area contributed by atoms with Crippen LogP contribution in [0, 0.1) is 0 Å². The molecule has 2 unspecified atom stereocenters. The van der Waals surface area contributed by atoms with E-state index in [9.17, 15) is 14.7 Å². The predicted molar refractivity (Wildman–Crippen MR) is 79.8 cm³/mol. The highest BCUT2D eigenvalue weighted by atomic mass is 16.4. The van der Waals surface area contributed by atoms with Crippen molar-refractivity contribution in [3.05, 3.63) is 35.9 Å². The van der Waals surface area contributed by atoms with Crippen molar-refractivity contribution in [1.29, 1.82) is 0 Å². The molecule has 1 aromatic carbocycles. The second kappa shape index (κ2) is 6.26. The van der Waals surface area contributed by atoms with Gasteiger partial charge >= 0.3 is 5.97 Å². The zero-order valence-electron chi connectivity index (χ0n) is 12.5. The molecule has 5 nitrogen and oxygen atoms in total. The summed E-state index contributed by atoms with van der Waals surface area (Å²) < 4.78 is 0. The Morgan fingerprint density at radius 2 is 2.05 bits per heavy atom. The maximum absolute atomic E-state index is 12.1. The normalized spacial score (nSPS) is 23.7. The molecule has 1 aliphatic heterocycles. The fraction of sp³-hybridized carbons (Fsp3) is 0.500. The lowest BCUT2D eigenvalue weighted by atomic mass is 9.99. The molecule has 1 aromatic rings. The number of amides is 1. The van der Waals surface area contributed by atoms with Crippen LogP contribution < -0.4 is 5.32 Å². The number of nitrogens with zero attached hydrogens (tertiary/aromatic N) is 1. The van der Waals surface area contributed by atoms with E-state index < -0.39 is 11.5 Å². The number of carbonyl (C=O) groups excluding carboxylic acids is 1. The molecule has 0 radical (unpaired) electrons. The number of benzene rings is 1. The third-order valence-corrected chi connectivity index (χ3v) is 4.26. The first-order valence-electron chi connectivity index (χ1n) is 7.26. The van der Waals surface area contributed by atoms with Gasteiger partial charge in [0.05, 0.1) is 12.6 Å². The van der Waals surface area contributed by atoms with Gasteiger partial charge in [0, 0.05) is 0 Å². The molecule has 1 saturated heterocycles. The maximum Gasteiger partial charge on any atom is 0.323 e. The lowest BCUT2D eigenvalue weighted by Crippen LogP contribution is -2.51. The summed E-state index contributed by atoms with van der Waals surface area (Å²) in [4.78, 5) is 25.3. The molecule has 0 bridgehead atoms. The number of likely N-dealkylation sites (tertiary alicyclic amines) is 1. The Hall–Kier alpha value is -1.88. The standard InChI is InChI=1S/C16H22N2O3/c1-12(13-7-4-3-5-8-13)17-14(19)11-18-10-6-9-16(18,2)15(20)21/h3-5,7-8,12H,6,9-11H2,1-2H3,(H,17,19)(H,20,21). The molecule has 2 atom stereocenters. The summed E-state index contributed by atoms with van der Waals surface area (Å²) in [6.45, 7) is 4.39. The maximum atomic E-state index is 12.1. The first-order valence-corrected chi connectivity index (χ1v) is 7.26. The average molecular weight is 290 g/mol. The van der Waals surface area contributed by atoms with Gasteiger partial charge in [0.15, 0.2) is 0 Å². The van der Waals surface area contributed by atoms with Gasteiger partial charge in [-0.2, -0.15) is 0 Å². The van der Waals surface area contributed by atoms with Crippen LogP contribution in [0.3, 0.4) is 0 Å². The van der Waals surface area contributed by atoms with Crippen LogP contribution >= 0.6 is 0 Å². The third-order valence-electron chi connectivity index (χ3n) is 4.26. The van der Waals surface area contributed by atoms with Crippen LogP contribution in [0.2, 0.25) is 0 Å². The minimum atomic E-state index is -0.923. The van der Waals surface area contributed by atoms with Crippen LogP contribution in [0.25, 0.3) is 0 Å². The average Bonchev–Trinajstić information content (AvgIpc) is 2.82. The molecule has 1 fully saturated rings. The third kappa shape index (κ3) is 3.42. The van der Waals surface area contributed by atoms with Gasteiger partial charge in [-0.3, -0.25) is 14.5 Å². The van der Waals surface area contributed by atoms with Crippen molar-refractivity contribution < 1.29 is 14.7 Å². The Morgan fingerprint density at radius 1 is 1.38 bits per heavy atom. The van der Waals surface area contributed by atoms with Crippen molar-refractivity contribution in [2.24, 2.45) is 0 Å². The quantitative estimate of drug-likeness (QED) is 0.867. The van der Waals surface area contributed by atoms with Crippen molar-refractivity contribution in [3.8, 4) is 0 Å². The van der Waals surface area contributed by atoms with Crippen LogP contribution in [0.15, 0.2) is 30.3 Å². The van der Waals surface area contributed by atoms with Gasteiger partial charge in [0.2, 0.25) is 5.91 Å². The molecular formula is C16H22N2O3. The van der Waals surface area contributed by atoms with E-state index in [0.29, 0.717) is 13.0 Å². The highest BCUT2D eigenvalue weighted by molar-refractivity contribution is 5.82. The van der Waals surface area contributed by atoms with Crippen LogP contribution in [-0.4, -0.2) is 40.5 Å². The Balaban J connectivity index is 1.94. The molecule has 0 aromatic heterocycles. The molecule has 114 valence electrons. The van der Waals surface area contributed by atoms with E-state index >= 15 is 0 Å². The van der Waals surface area contributed by atoms with Gasteiger partial charge < -0.3 is 10.4 Å². The summed E-state index contributed by atoms with van der Waals surface area (Å²) >= 11 is 0. The van der Waals surface area contributed by atoms with Crippen molar-refractivity contribution in [3.63, 3.8) is 0 Å². The number of aliphatic carboxylic acids is 1. The smallest absolute Gasteiger partial charge is 0.323 e. The fourth-order valence-electron chi connectivity index (χ4n) is 2.80. The second-order valence-corrected chi connectivity index (χ2v) is 5.80. The molecule has 1 aliphatic rings. The molecular weight excluding hydrogens is 268 g/mol. The summed E-state index contributed by atoms with van der Waals surface area (Å²) in [7, 11) is 0. The number of nitrogens with one attached hydrogen (secondary N) is 1. The summed E-state index contributed by atoms with van der Waals surface area (Å²) in [5.74, 6) is -0.996. The Labute approximate surface area is 125 Å². The monoisotopic (exact) mass is 290 g/mol. The molecule has 1 heterocycles. The fourth-order valence-corrected chi connectivity index (χ4v) is 2.80.